The van der Waals surface area contributed by atoms with Crippen LogP contribution in [0, 0.1) is 6.92 Å². The molecule has 17 heavy (non-hydrogen) atoms. The van der Waals surface area contributed by atoms with Gasteiger partial charge in [0.2, 0.25) is 0 Å². The van der Waals surface area contributed by atoms with E-state index in [0.29, 0.717) is 5.76 Å². The Balaban J connectivity index is 2.86. The Morgan fingerprint density at radius 3 is 2.53 bits per heavy atom. The average Bonchev–Trinajstić information content (AvgIpc) is 2.58. The van der Waals surface area contributed by atoms with Gasteiger partial charge >= 0.3 is 5.97 Å². The van der Waals surface area contributed by atoms with Crippen LogP contribution in [0.4, 0.5) is 0 Å². The fraction of sp³-hybridized carbons (Fsp3) is 0.500. The third kappa shape index (κ3) is 3.23. The largest absolute Gasteiger partial charge is 0.480 e. The zero-order valence-corrected chi connectivity index (χ0v) is 10.6. The molecule has 1 unspecified atom stereocenters. The minimum atomic E-state index is -1.15. The molecule has 1 rings (SSSR count). The van der Waals surface area contributed by atoms with Crippen LogP contribution in [-0.2, 0) is 4.79 Å². The van der Waals surface area contributed by atoms with E-state index in [1.54, 1.807) is 20.8 Å². The van der Waals surface area contributed by atoms with Crippen molar-refractivity contribution in [2.75, 3.05) is 0 Å². The van der Waals surface area contributed by atoms with Crippen molar-refractivity contribution in [1.82, 2.24) is 10.5 Å². The van der Waals surface area contributed by atoms with Gasteiger partial charge in [0, 0.05) is 4.75 Å². The number of carboxylic acids is 1. The van der Waals surface area contributed by atoms with Crippen molar-refractivity contribution >= 4 is 24.5 Å². The van der Waals surface area contributed by atoms with Gasteiger partial charge in [-0.1, -0.05) is 5.16 Å². The number of amides is 1. The highest BCUT2D eigenvalue weighted by Crippen LogP contribution is 2.18. The minimum Gasteiger partial charge on any atom is -0.480 e. The van der Waals surface area contributed by atoms with Gasteiger partial charge in [-0.15, -0.1) is 0 Å². The highest BCUT2D eigenvalue weighted by molar-refractivity contribution is 7.81. The Hall–Kier alpha value is -1.50. The number of hydrogen-bond acceptors (Lipinski definition) is 5. The molecule has 1 aromatic heterocycles. The maximum Gasteiger partial charge on any atom is 0.327 e. The molecule has 94 valence electrons. The molecule has 0 spiro atoms. The van der Waals surface area contributed by atoms with Gasteiger partial charge in [-0.05, 0) is 20.8 Å². The predicted octanol–water partition coefficient (Wildman–Crippen LogP) is 0.874. The highest BCUT2D eigenvalue weighted by Gasteiger charge is 2.34. The monoisotopic (exact) mass is 258 g/mol. The normalized spacial score (nSPS) is 13.2. The molecular formula is C10H14N2O4S. The lowest BCUT2D eigenvalue weighted by Crippen LogP contribution is -2.51. The van der Waals surface area contributed by atoms with E-state index in [4.69, 9.17) is 9.63 Å². The average molecular weight is 258 g/mol. The molecule has 0 radical (unpaired) electrons. The van der Waals surface area contributed by atoms with Crippen LogP contribution in [0.25, 0.3) is 0 Å². The number of aliphatic carboxylic acids is 1. The third-order valence-electron chi connectivity index (χ3n) is 2.22. The van der Waals surface area contributed by atoms with Crippen LogP contribution in [-0.4, -0.2) is 32.9 Å². The Morgan fingerprint density at radius 2 is 2.18 bits per heavy atom. The van der Waals surface area contributed by atoms with Crippen LogP contribution >= 0.6 is 12.6 Å². The number of carbonyl (C=O) groups excluding carboxylic acids is 1. The van der Waals surface area contributed by atoms with Gasteiger partial charge in [-0.2, -0.15) is 12.6 Å². The first-order valence-electron chi connectivity index (χ1n) is 4.91. The van der Waals surface area contributed by atoms with Gasteiger partial charge in [0.15, 0.2) is 0 Å². The molecular weight excluding hydrogens is 244 g/mol. The number of nitrogens with one attached hydrogen (secondary N) is 1. The second-order valence-corrected chi connectivity index (χ2v) is 5.35. The van der Waals surface area contributed by atoms with Gasteiger partial charge in [-0.3, -0.25) is 4.79 Å². The molecule has 2 N–H and O–H groups in total. The quantitative estimate of drug-likeness (QED) is 0.697. The summed E-state index contributed by atoms with van der Waals surface area (Å²) in [5.74, 6) is -1.35. The van der Waals surface area contributed by atoms with Crippen LogP contribution in [0.3, 0.4) is 0 Å². The number of carboxylic acid groups (broad SMARTS) is 1. The standard InChI is InChI=1S/C10H14N2O4S/c1-5-6(4-11-16-5)8(13)12-7(9(14)15)10(2,3)17/h4,7,17H,1-3H3,(H,12,13)(H,14,15). The van der Waals surface area contributed by atoms with Crippen LogP contribution < -0.4 is 5.32 Å². The maximum absolute atomic E-state index is 11.8. The molecule has 0 aliphatic carbocycles. The topological polar surface area (TPSA) is 92.4 Å². The Kier molecular flexibility index (Phi) is 3.82. The minimum absolute atomic E-state index is 0.217. The van der Waals surface area contributed by atoms with Crippen molar-refractivity contribution in [3.05, 3.63) is 17.5 Å². The molecule has 0 saturated heterocycles. The summed E-state index contributed by atoms with van der Waals surface area (Å²) < 4.78 is 3.85. The van der Waals surface area contributed by atoms with Crippen molar-refractivity contribution in [1.29, 1.82) is 0 Å². The Morgan fingerprint density at radius 1 is 1.59 bits per heavy atom. The molecule has 6 nitrogen and oxygen atoms in total. The molecule has 0 saturated carbocycles. The summed E-state index contributed by atoms with van der Waals surface area (Å²) in [6.07, 6.45) is 1.25. The molecule has 7 heteroatoms. The zero-order chi connectivity index (χ0) is 13.2. The second kappa shape index (κ2) is 4.79. The summed E-state index contributed by atoms with van der Waals surface area (Å²) in [6.45, 7) is 4.79. The van der Waals surface area contributed by atoms with E-state index in [1.807, 2.05) is 0 Å². The summed E-state index contributed by atoms with van der Waals surface area (Å²) in [4.78, 5) is 22.8. The van der Waals surface area contributed by atoms with Crippen molar-refractivity contribution in [2.24, 2.45) is 0 Å². The molecule has 1 heterocycles. The van der Waals surface area contributed by atoms with E-state index in [2.05, 4.69) is 23.1 Å². The van der Waals surface area contributed by atoms with Crippen molar-refractivity contribution in [2.45, 2.75) is 31.6 Å². The van der Waals surface area contributed by atoms with E-state index in [1.165, 1.54) is 6.20 Å². The SMILES string of the molecule is Cc1oncc1C(=O)NC(C(=O)O)C(C)(C)S. The number of aromatic nitrogens is 1. The van der Waals surface area contributed by atoms with Gasteiger partial charge in [0.1, 0.15) is 17.4 Å². The van der Waals surface area contributed by atoms with E-state index >= 15 is 0 Å². The van der Waals surface area contributed by atoms with Crippen molar-refractivity contribution < 1.29 is 19.2 Å². The number of rotatable bonds is 4. The van der Waals surface area contributed by atoms with E-state index in [-0.39, 0.29) is 5.56 Å². The first kappa shape index (κ1) is 13.6. The highest BCUT2D eigenvalue weighted by atomic mass is 32.1. The number of aryl methyl sites for hydroxylation is 1. The number of carbonyl (C=O) groups is 2. The summed E-state index contributed by atoms with van der Waals surface area (Å²) in [5, 5.41) is 14.9. The smallest absolute Gasteiger partial charge is 0.327 e. The lowest BCUT2D eigenvalue weighted by molar-refractivity contribution is -0.139. The number of thiol groups is 1. The number of hydrogen-bond donors (Lipinski definition) is 3. The third-order valence-corrected chi connectivity index (χ3v) is 2.48. The molecule has 0 aromatic carbocycles. The van der Waals surface area contributed by atoms with Crippen LogP contribution in [0.15, 0.2) is 10.7 Å². The number of nitrogens with zero attached hydrogens (tertiary/aromatic N) is 1. The first-order valence-corrected chi connectivity index (χ1v) is 5.35. The molecule has 1 aromatic rings. The molecule has 0 aliphatic heterocycles. The summed E-state index contributed by atoms with van der Waals surface area (Å²) in [7, 11) is 0. The van der Waals surface area contributed by atoms with Gasteiger partial charge in [0.05, 0.1) is 6.20 Å². The van der Waals surface area contributed by atoms with Crippen molar-refractivity contribution in [3.8, 4) is 0 Å². The summed E-state index contributed by atoms with van der Waals surface area (Å²) in [5.41, 5.74) is 0.217. The maximum atomic E-state index is 11.8. The zero-order valence-electron chi connectivity index (χ0n) is 9.72. The molecule has 1 amide bonds. The Bertz CT molecular complexity index is 436. The van der Waals surface area contributed by atoms with E-state index in [9.17, 15) is 9.59 Å². The van der Waals surface area contributed by atoms with Crippen LogP contribution in [0.5, 0.6) is 0 Å². The first-order chi connectivity index (χ1) is 7.73. The van der Waals surface area contributed by atoms with E-state index in [0.717, 1.165) is 0 Å². The van der Waals surface area contributed by atoms with Crippen LogP contribution in [0.2, 0.25) is 0 Å². The summed E-state index contributed by atoms with van der Waals surface area (Å²) in [6, 6.07) is -1.10. The lowest BCUT2D eigenvalue weighted by atomic mass is 10.0. The molecule has 0 bridgehead atoms. The van der Waals surface area contributed by atoms with Crippen LogP contribution in [0.1, 0.15) is 30.0 Å². The fourth-order valence-corrected chi connectivity index (χ4v) is 1.44. The van der Waals surface area contributed by atoms with E-state index < -0.39 is 22.7 Å². The predicted molar refractivity (Wildman–Crippen MR) is 63.2 cm³/mol. The Labute approximate surface area is 104 Å². The fourth-order valence-electron chi connectivity index (χ4n) is 1.27. The van der Waals surface area contributed by atoms with Gasteiger partial charge in [-0.25, -0.2) is 4.79 Å². The lowest BCUT2D eigenvalue weighted by Gasteiger charge is -2.26. The van der Waals surface area contributed by atoms with Crippen molar-refractivity contribution in [3.63, 3.8) is 0 Å². The molecule has 0 fully saturated rings. The van der Waals surface area contributed by atoms with Gasteiger partial charge < -0.3 is 14.9 Å². The second-order valence-electron chi connectivity index (χ2n) is 4.19. The summed E-state index contributed by atoms with van der Waals surface area (Å²) >= 11 is 4.15. The molecule has 0 aliphatic rings. The molecule has 1 atom stereocenters. The van der Waals surface area contributed by atoms with Gasteiger partial charge in [0.25, 0.3) is 5.91 Å².